The minimum atomic E-state index is -1.24. The van der Waals surface area contributed by atoms with Crippen LogP contribution in [0.4, 0.5) is 8.78 Å². The predicted molar refractivity (Wildman–Crippen MR) is 107 cm³/mol. The van der Waals surface area contributed by atoms with E-state index in [1.165, 1.54) is 69.8 Å². The molecule has 3 aliphatic rings. The molecule has 0 bridgehead atoms. The Labute approximate surface area is 160 Å². The van der Waals surface area contributed by atoms with Crippen LogP contribution in [0.25, 0.3) is 0 Å². The second kappa shape index (κ2) is 9.69. The van der Waals surface area contributed by atoms with E-state index in [-0.39, 0.29) is 0 Å². The van der Waals surface area contributed by atoms with Crippen LogP contribution in [-0.4, -0.2) is 12.3 Å². The minimum Gasteiger partial charge on any atom is -0.244 e. The summed E-state index contributed by atoms with van der Waals surface area (Å²) < 4.78 is 27.5. The zero-order chi connectivity index (χ0) is 18.5. The Morgan fingerprint density at radius 1 is 0.923 bits per heavy atom. The largest absolute Gasteiger partial charge is 0.244 e. The second-order valence-corrected chi connectivity index (χ2v) is 9.68. The Morgan fingerprint density at radius 3 is 2.31 bits per heavy atom. The first-order chi connectivity index (χ1) is 12.6. The summed E-state index contributed by atoms with van der Waals surface area (Å²) in [4.78, 5) is 0. The summed E-state index contributed by atoms with van der Waals surface area (Å²) in [5.74, 6) is 3.36. The third-order valence-electron chi connectivity index (χ3n) is 7.89. The maximum absolute atomic E-state index is 13.9. The highest BCUT2D eigenvalue weighted by Crippen LogP contribution is 2.45. The van der Waals surface area contributed by atoms with Crippen molar-refractivity contribution in [2.45, 2.75) is 110 Å². The van der Waals surface area contributed by atoms with E-state index in [2.05, 4.69) is 19.9 Å². The number of hydrogen-bond donors (Lipinski definition) is 0. The summed E-state index contributed by atoms with van der Waals surface area (Å²) in [6.07, 6.45) is 15.8. The first-order valence-corrected chi connectivity index (χ1v) is 11.6. The van der Waals surface area contributed by atoms with Crippen molar-refractivity contribution in [1.82, 2.24) is 0 Å². The fraction of sp³-hybridized carbons (Fsp3) is 0.917. The van der Waals surface area contributed by atoms with Gasteiger partial charge in [0.15, 0.2) is 0 Å². The summed E-state index contributed by atoms with van der Waals surface area (Å²) in [7, 11) is 0. The van der Waals surface area contributed by atoms with Gasteiger partial charge in [0.05, 0.1) is 0 Å². The summed E-state index contributed by atoms with van der Waals surface area (Å²) in [5, 5.41) is 0. The number of rotatable bonds is 6. The molecule has 0 N–H and O–H groups in total. The molecule has 0 aromatic carbocycles. The molecule has 0 aromatic heterocycles. The number of allylic oxidation sites excluding steroid dienone is 2. The predicted octanol–water partition coefficient (Wildman–Crippen LogP) is 7.82. The molecule has 3 rings (SSSR count). The lowest BCUT2D eigenvalue weighted by atomic mass is 9.67. The van der Waals surface area contributed by atoms with Gasteiger partial charge in [-0.3, -0.25) is 0 Å². The van der Waals surface area contributed by atoms with Gasteiger partial charge in [0, 0.05) is 0 Å². The molecule has 0 spiro atoms. The van der Waals surface area contributed by atoms with E-state index in [1.54, 1.807) is 0 Å². The standard InChI is InChI=1S/C24H40F2/c1-3-4-5-6-18-7-9-19(10-8-18)20-11-13-21(14-12-20)22-16-24(26)23(25)15-17(22)2/h13,17-20,22-24H,3-12,14-16H2,1-2H3. The first kappa shape index (κ1) is 20.3. The normalized spacial score (nSPS) is 41.7. The maximum atomic E-state index is 13.9. The Bertz CT molecular complexity index is 449. The SMILES string of the molecule is CCCCCC1CCC(C2CC=C(C3CC(F)C(F)CC3C)CC2)CC1. The Morgan fingerprint density at radius 2 is 1.65 bits per heavy atom. The molecule has 26 heavy (non-hydrogen) atoms. The van der Waals surface area contributed by atoms with E-state index in [1.807, 2.05) is 0 Å². The number of unbranched alkanes of at least 4 members (excludes halogenated alkanes) is 2. The van der Waals surface area contributed by atoms with E-state index in [0.717, 1.165) is 24.2 Å². The summed E-state index contributed by atoms with van der Waals surface area (Å²) in [5.41, 5.74) is 1.46. The van der Waals surface area contributed by atoms with Gasteiger partial charge in [0.2, 0.25) is 0 Å². The third kappa shape index (κ3) is 5.10. The van der Waals surface area contributed by atoms with Crippen molar-refractivity contribution < 1.29 is 8.78 Å². The van der Waals surface area contributed by atoms with Gasteiger partial charge in [-0.1, -0.05) is 64.0 Å². The molecular weight excluding hydrogens is 326 g/mol. The fourth-order valence-electron chi connectivity index (χ4n) is 6.08. The molecule has 2 heteroatoms. The lowest BCUT2D eigenvalue weighted by Crippen LogP contribution is -2.35. The van der Waals surface area contributed by atoms with Gasteiger partial charge in [0.25, 0.3) is 0 Å². The Balaban J connectivity index is 1.45. The highest BCUT2D eigenvalue weighted by Gasteiger charge is 2.38. The molecule has 0 saturated heterocycles. The number of hydrogen-bond acceptors (Lipinski definition) is 0. The van der Waals surface area contributed by atoms with Crippen molar-refractivity contribution in [3.8, 4) is 0 Å². The van der Waals surface area contributed by atoms with Crippen LogP contribution >= 0.6 is 0 Å². The lowest BCUT2D eigenvalue weighted by Gasteiger charge is -2.39. The van der Waals surface area contributed by atoms with Gasteiger partial charge in [-0.25, -0.2) is 8.78 Å². The molecule has 0 radical (unpaired) electrons. The maximum Gasteiger partial charge on any atom is 0.132 e. The molecule has 0 aliphatic heterocycles. The van der Waals surface area contributed by atoms with Crippen molar-refractivity contribution in [2.75, 3.05) is 0 Å². The van der Waals surface area contributed by atoms with E-state index in [4.69, 9.17) is 0 Å². The molecule has 0 aromatic rings. The Hall–Kier alpha value is -0.400. The zero-order valence-corrected chi connectivity index (χ0v) is 17.1. The van der Waals surface area contributed by atoms with E-state index < -0.39 is 12.3 Å². The molecule has 2 saturated carbocycles. The molecule has 5 atom stereocenters. The van der Waals surface area contributed by atoms with Crippen molar-refractivity contribution >= 4 is 0 Å². The fourth-order valence-corrected chi connectivity index (χ4v) is 6.08. The van der Waals surface area contributed by atoms with Crippen LogP contribution in [0.15, 0.2) is 11.6 Å². The Kier molecular flexibility index (Phi) is 7.58. The topological polar surface area (TPSA) is 0 Å². The van der Waals surface area contributed by atoms with Gasteiger partial charge >= 0.3 is 0 Å². The van der Waals surface area contributed by atoms with Gasteiger partial charge in [0.1, 0.15) is 12.3 Å². The molecular formula is C24H40F2. The van der Waals surface area contributed by atoms with Crippen LogP contribution in [0, 0.1) is 29.6 Å². The van der Waals surface area contributed by atoms with Gasteiger partial charge in [-0.15, -0.1) is 0 Å². The van der Waals surface area contributed by atoms with Crippen LogP contribution < -0.4 is 0 Å². The highest BCUT2D eigenvalue weighted by atomic mass is 19.2. The molecule has 5 unspecified atom stereocenters. The quantitative estimate of drug-likeness (QED) is 0.332. The summed E-state index contributed by atoms with van der Waals surface area (Å²) in [6.45, 7) is 4.41. The summed E-state index contributed by atoms with van der Waals surface area (Å²) in [6, 6.07) is 0. The van der Waals surface area contributed by atoms with Gasteiger partial charge in [-0.05, 0) is 74.5 Å². The second-order valence-electron chi connectivity index (χ2n) is 9.68. The monoisotopic (exact) mass is 366 g/mol. The third-order valence-corrected chi connectivity index (χ3v) is 7.89. The average Bonchev–Trinajstić information content (AvgIpc) is 2.66. The molecule has 3 aliphatic carbocycles. The average molecular weight is 367 g/mol. The van der Waals surface area contributed by atoms with Crippen molar-refractivity contribution in [1.29, 1.82) is 0 Å². The molecule has 0 nitrogen and oxygen atoms in total. The van der Waals surface area contributed by atoms with Crippen molar-refractivity contribution in [3.05, 3.63) is 11.6 Å². The molecule has 2 fully saturated rings. The van der Waals surface area contributed by atoms with Crippen LogP contribution in [0.3, 0.4) is 0 Å². The molecule has 0 heterocycles. The van der Waals surface area contributed by atoms with Crippen molar-refractivity contribution in [3.63, 3.8) is 0 Å². The van der Waals surface area contributed by atoms with E-state index in [9.17, 15) is 8.78 Å². The summed E-state index contributed by atoms with van der Waals surface area (Å²) >= 11 is 0. The molecule has 0 amide bonds. The van der Waals surface area contributed by atoms with Crippen LogP contribution in [-0.2, 0) is 0 Å². The van der Waals surface area contributed by atoms with Crippen LogP contribution in [0.2, 0.25) is 0 Å². The number of alkyl halides is 2. The van der Waals surface area contributed by atoms with Crippen LogP contribution in [0.1, 0.15) is 97.3 Å². The molecule has 150 valence electrons. The van der Waals surface area contributed by atoms with Gasteiger partial charge < -0.3 is 0 Å². The first-order valence-electron chi connectivity index (χ1n) is 11.6. The van der Waals surface area contributed by atoms with Gasteiger partial charge in [-0.2, -0.15) is 0 Å². The lowest BCUT2D eigenvalue weighted by molar-refractivity contribution is 0.0655. The zero-order valence-electron chi connectivity index (χ0n) is 17.1. The van der Waals surface area contributed by atoms with E-state index >= 15 is 0 Å². The van der Waals surface area contributed by atoms with Crippen molar-refractivity contribution in [2.24, 2.45) is 29.6 Å². The van der Waals surface area contributed by atoms with Crippen LogP contribution in [0.5, 0.6) is 0 Å². The number of halogens is 2. The smallest absolute Gasteiger partial charge is 0.132 e. The minimum absolute atomic E-state index is 0.298. The highest BCUT2D eigenvalue weighted by molar-refractivity contribution is 5.14. The van der Waals surface area contributed by atoms with E-state index in [0.29, 0.717) is 24.7 Å².